The topological polar surface area (TPSA) is 130 Å². The van der Waals surface area contributed by atoms with Crippen LogP contribution < -0.4 is 16.2 Å². The second-order valence-electron chi connectivity index (χ2n) is 5.49. The van der Waals surface area contributed by atoms with E-state index >= 15 is 0 Å². The van der Waals surface area contributed by atoms with Crippen molar-refractivity contribution in [3.05, 3.63) is 40.4 Å². The van der Waals surface area contributed by atoms with Gasteiger partial charge in [-0.05, 0) is 18.6 Å². The van der Waals surface area contributed by atoms with Crippen LogP contribution in [0.1, 0.15) is 25.6 Å². The van der Waals surface area contributed by atoms with Gasteiger partial charge in [0.25, 0.3) is 11.5 Å². The number of aromatic amines is 1. The monoisotopic (exact) mass is 360 g/mol. The van der Waals surface area contributed by atoms with Gasteiger partial charge >= 0.3 is 12.0 Å². The summed E-state index contributed by atoms with van der Waals surface area (Å²) in [4.78, 5) is 53.3. The molecule has 1 aromatic carbocycles. The van der Waals surface area contributed by atoms with Gasteiger partial charge in [0.1, 0.15) is 5.82 Å². The van der Waals surface area contributed by atoms with Gasteiger partial charge in [0, 0.05) is 13.0 Å². The highest BCUT2D eigenvalue weighted by Gasteiger charge is 2.11. The highest BCUT2D eigenvalue weighted by molar-refractivity contribution is 5.95. The molecule has 3 N–H and O–H groups in total. The Morgan fingerprint density at radius 1 is 1.23 bits per heavy atom. The molecule has 0 radical (unpaired) electrons. The molecule has 0 bridgehead atoms. The van der Waals surface area contributed by atoms with Crippen molar-refractivity contribution in [3.8, 4) is 0 Å². The first-order chi connectivity index (χ1) is 12.5. The van der Waals surface area contributed by atoms with Gasteiger partial charge in [-0.15, -0.1) is 0 Å². The van der Waals surface area contributed by atoms with Crippen LogP contribution in [0.2, 0.25) is 0 Å². The molecule has 0 aliphatic heterocycles. The minimum atomic E-state index is -0.718. The van der Waals surface area contributed by atoms with Gasteiger partial charge in [0.15, 0.2) is 6.61 Å². The molecule has 138 valence electrons. The fourth-order valence-corrected chi connectivity index (χ4v) is 2.14. The molecule has 1 heterocycles. The number of H-pyrrole nitrogens is 1. The number of urea groups is 1. The molecule has 0 aliphatic rings. The number of carbonyl (C=O) groups excluding carboxylic acids is 3. The van der Waals surface area contributed by atoms with E-state index in [0.717, 1.165) is 6.42 Å². The Hall–Kier alpha value is -3.23. The number of nitrogens with zero attached hydrogens (tertiary/aromatic N) is 1. The van der Waals surface area contributed by atoms with E-state index in [2.05, 4.69) is 15.3 Å². The number of esters is 1. The zero-order chi connectivity index (χ0) is 18.9. The van der Waals surface area contributed by atoms with E-state index in [1.54, 1.807) is 24.3 Å². The van der Waals surface area contributed by atoms with E-state index in [1.165, 1.54) is 0 Å². The molecule has 2 aromatic rings. The summed E-state index contributed by atoms with van der Waals surface area (Å²) in [5.41, 5.74) is 0.258. The third kappa shape index (κ3) is 5.69. The van der Waals surface area contributed by atoms with E-state index < -0.39 is 24.5 Å². The summed E-state index contributed by atoms with van der Waals surface area (Å²) < 4.78 is 4.80. The van der Waals surface area contributed by atoms with Gasteiger partial charge in [-0.25, -0.2) is 9.78 Å². The minimum Gasteiger partial charge on any atom is -0.456 e. The lowest BCUT2D eigenvalue weighted by molar-refractivity contribution is -0.148. The van der Waals surface area contributed by atoms with Gasteiger partial charge in [-0.3, -0.25) is 19.7 Å². The first kappa shape index (κ1) is 19.1. The number of amides is 3. The summed E-state index contributed by atoms with van der Waals surface area (Å²) in [6, 6.07) is 6.24. The molecule has 3 amide bonds. The summed E-state index contributed by atoms with van der Waals surface area (Å²) in [5.74, 6) is -0.997. The fourth-order valence-electron chi connectivity index (χ4n) is 2.14. The van der Waals surface area contributed by atoms with Crippen LogP contribution in [0.3, 0.4) is 0 Å². The average molecular weight is 360 g/mol. The predicted octanol–water partition coefficient (Wildman–Crippen LogP) is 0.635. The lowest BCUT2D eigenvalue weighted by atomic mass is 10.2. The van der Waals surface area contributed by atoms with Crippen LogP contribution in [0.4, 0.5) is 4.79 Å². The number of nitrogens with one attached hydrogen (secondary N) is 3. The largest absolute Gasteiger partial charge is 0.456 e. The Morgan fingerprint density at radius 3 is 2.77 bits per heavy atom. The van der Waals surface area contributed by atoms with Crippen LogP contribution in [-0.2, 0) is 20.7 Å². The van der Waals surface area contributed by atoms with Gasteiger partial charge in [-0.2, -0.15) is 0 Å². The quantitative estimate of drug-likeness (QED) is 0.621. The third-order valence-corrected chi connectivity index (χ3v) is 3.38. The number of imide groups is 1. The number of fused-ring (bicyclic) bond motifs is 1. The number of aryl methyl sites for hydroxylation is 1. The molecule has 0 unspecified atom stereocenters. The molecule has 9 heteroatoms. The molecule has 0 aliphatic carbocycles. The van der Waals surface area contributed by atoms with Gasteiger partial charge < -0.3 is 15.0 Å². The molecule has 0 spiro atoms. The molecule has 0 atom stereocenters. The zero-order valence-electron chi connectivity index (χ0n) is 14.3. The number of benzene rings is 1. The second kappa shape index (κ2) is 9.30. The van der Waals surface area contributed by atoms with Crippen LogP contribution in [0.25, 0.3) is 10.9 Å². The SMILES string of the molecule is CCCNC(=O)NC(=O)COC(=O)CCc1nc2ccccc2c(=O)[nH]1. The minimum absolute atomic E-state index is 0.0589. The number of carbonyl (C=O) groups is 3. The first-order valence-corrected chi connectivity index (χ1v) is 8.21. The number of rotatable bonds is 7. The third-order valence-electron chi connectivity index (χ3n) is 3.38. The normalized spacial score (nSPS) is 10.3. The number of hydrogen-bond acceptors (Lipinski definition) is 6. The van der Waals surface area contributed by atoms with Crippen molar-refractivity contribution in [1.82, 2.24) is 20.6 Å². The average Bonchev–Trinajstić information content (AvgIpc) is 2.63. The lowest BCUT2D eigenvalue weighted by Crippen LogP contribution is -2.41. The molecule has 0 fully saturated rings. The van der Waals surface area contributed by atoms with E-state index in [4.69, 9.17) is 4.74 Å². The fraction of sp³-hybridized carbons (Fsp3) is 0.353. The molecule has 9 nitrogen and oxygen atoms in total. The van der Waals surface area contributed by atoms with Crippen LogP contribution in [0.5, 0.6) is 0 Å². The maximum absolute atomic E-state index is 11.9. The number of aromatic nitrogens is 2. The highest BCUT2D eigenvalue weighted by atomic mass is 16.5. The van der Waals surface area contributed by atoms with Crippen molar-refractivity contribution >= 4 is 28.8 Å². The summed E-state index contributed by atoms with van der Waals surface area (Å²) in [6.07, 6.45) is 0.843. The number of ether oxygens (including phenoxy) is 1. The summed E-state index contributed by atoms with van der Waals surface area (Å²) in [6.45, 7) is 1.76. The number of hydrogen-bond donors (Lipinski definition) is 3. The van der Waals surface area contributed by atoms with Crippen molar-refractivity contribution in [2.45, 2.75) is 26.2 Å². The van der Waals surface area contributed by atoms with Crippen molar-refractivity contribution in [2.24, 2.45) is 0 Å². The molecule has 0 saturated carbocycles. The molecule has 0 saturated heterocycles. The predicted molar refractivity (Wildman–Crippen MR) is 93.5 cm³/mol. The van der Waals surface area contributed by atoms with Crippen LogP contribution in [-0.4, -0.2) is 41.0 Å². The maximum atomic E-state index is 11.9. The first-order valence-electron chi connectivity index (χ1n) is 8.21. The standard InChI is InChI=1S/C17H20N4O5/c1-2-9-18-17(25)21-14(22)10-26-15(23)8-7-13-19-12-6-4-3-5-11(12)16(24)20-13/h3-6H,2,7-10H2,1H3,(H,19,20,24)(H2,18,21,22,25). The van der Waals surface area contributed by atoms with E-state index in [-0.39, 0.29) is 18.4 Å². The van der Waals surface area contributed by atoms with E-state index in [0.29, 0.717) is 23.3 Å². The van der Waals surface area contributed by atoms with Crippen molar-refractivity contribution in [3.63, 3.8) is 0 Å². The molecule has 26 heavy (non-hydrogen) atoms. The van der Waals surface area contributed by atoms with Crippen molar-refractivity contribution in [1.29, 1.82) is 0 Å². The summed E-state index contributed by atoms with van der Waals surface area (Å²) in [5, 5.41) is 4.98. The molecular formula is C17H20N4O5. The molecular weight excluding hydrogens is 340 g/mol. The van der Waals surface area contributed by atoms with Gasteiger partial charge in [-0.1, -0.05) is 19.1 Å². The second-order valence-corrected chi connectivity index (χ2v) is 5.49. The van der Waals surface area contributed by atoms with Crippen LogP contribution >= 0.6 is 0 Å². The number of para-hydroxylation sites is 1. The Labute approximate surface area is 149 Å². The smallest absolute Gasteiger partial charge is 0.321 e. The zero-order valence-corrected chi connectivity index (χ0v) is 14.3. The molecule has 1 aromatic heterocycles. The van der Waals surface area contributed by atoms with Crippen molar-refractivity contribution < 1.29 is 19.1 Å². The van der Waals surface area contributed by atoms with Crippen molar-refractivity contribution in [2.75, 3.05) is 13.2 Å². The highest BCUT2D eigenvalue weighted by Crippen LogP contribution is 2.06. The Bertz CT molecular complexity index is 862. The Kier molecular flexibility index (Phi) is 6.84. The van der Waals surface area contributed by atoms with Crippen LogP contribution in [0, 0.1) is 0 Å². The van der Waals surface area contributed by atoms with E-state index in [9.17, 15) is 19.2 Å². The maximum Gasteiger partial charge on any atom is 0.321 e. The summed E-state index contributed by atoms with van der Waals surface area (Å²) >= 11 is 0. The van der Waals surface area contributed by atoms with Crippen LogP contribution in [0.15, 0.2) is 29.1 Å². The Balaban J connectivity index is 1.79. The molecule has 2 rings (SSSR count). The van der Waals surface area contributed by atoms with E-state index in [1.807, 2.05) is 12.2 Å². The van der Waals surface area contributed by atoms with Gasteiger partial charge in [0.05, 0.1) is 17.3 Å². The summed E-state index contributed by atoms with van der Waals surface area (Å²) in [7, 11) is 0. The Morgan fingerprint density at radius 2 is 2.00 bits per heavy atom. The lowest BCUT2D eigenvalue weighted by Gasteiger charge is -2.07. The van der Waals surface area contributed by atoms with Gasteiger partial charge in [0.2, 0.25) is 0 Å².